The molecule has 0 saturated carbocycles. The number of rotatable bonds is 6. The minimum Gasteiger partial charge on any atom is -0.465 e. The molecule has 0 radical (unpaired) electrons. The first-order valence-corrected chi connectivity index (χ1v) is 11.4. The number of hydrogen-bond acceptors (Lipinski definition) is 5. The summed E-state index contributed by atoms with van der Waals surface area (Å²) in [5, 5.41) is -1.50. The third-order valence-corrected chi connectivity index (χ3v) is 8.54. The summed E-state index contributed by atoms with van der Waals surface area (Å²) >= 11 is 13.8. The fourth-order valence-electron chi connectivity index (χ4n) is 2.98. The third kappa shape index (κ3) is 2.93. The number of carbonyl (C=O) groups is 1. The summed E-state index contributed by atoms with van der Waals surface area (Å²) < 4.78 is 31.1. The zero-order valence-corrected chi connectivity index (χ0v) is 17.5. The summed E-state index contributed by atoms with van der Waals surface area (Å²) in [6.45, 7) is 3.87. The first-order valence-electron chi connectivity index (χ1n) is 8.20. The first kappa shape index (κ1) is 19.9. The Hall–Kier alpha value is -0.890. The maximum Gasteiger partial charge on any atom is 0.277 e. The van der Waals surface area contributed by atoms with Crippen LogP contribution in [0.5, 0.6) is 0 Å². The Morgan fingerprint density at radius 2 is 1.92 bits per heavy atom. The number of aryl methyl sites for hydroxylation is 1. The Morgan fingerprint density at radius 1 is 1.27 bits per heavy atom. The number of ether oxygens (including phenoxy) is 1. The van der Waals surface area contributed by atoms with Gasteiger partial charge >= 0.3 is 0 Å². The summed E-state index contributed by atoms with van der Waals surface area (Å²) in [7, 11) is -4.20. The molecule has 2 aliphatic rings. The van der Waals surface area contributed by atoms with Gasteiger partial charge in [0.25, 0.3) is 21.0 Å². The predicted octanol–water partition coefficient (Wildman–Crippen LogP) is 4.05. The lowest BCUT2D eigenvalue weighted by atomic mass is 10.1. The van der Waals surface area contributed by atoms with Crippen molar-refractivity contribution in [1.29, 1.82) is 0 Å². The van der Waals surface area contributed by atoms with Crippen LogP contribution in [0.1, 0.15) is 25.3 Å². The van der Waals surface area contributed by atoms with E-state index in [9.17, 15) is 13.2 Å². The van der Waals surface area contributed by atoms with E-state index in [-0.39, 0.29) is 4.90 Å². The summed E-state index contributed by atoms with van der Waals surface area (Å²) in [6.07, 6.45) is 4.69. The van der Waals surface area contributed by atoms with Gasteiger partial charge in [-0.05, 0) is 37.3 Å². The SMILES string of the molecule is CCCCS[C@@]12OC=C[C@@H]1C(Cl)(Cl)C(=O)N2S(=O)(=O)c1ccc(C)cc1. The molecule has 2 aliphatic heterocycles. The van der Waals surface area contributed by atoms with Gasteiger partial charge in [-0.25, -0.2) is 8.42 Å². The van der Waals surface area contributed by atoms with Crippen LogP contribution < -0.4 is 0 Å². The highest BCUT2D eigenvalue weighted by Gasteiger charge is 2.72. The molecule has 0 unspecified atom stereocenters. The van der Waals surface area contributed by atoms with Gasteiger partial charge in [0.1, 0.15) is 0 Å². The number of halogens is 2. The molecule has 1 saturated heterocycles. The Kier molecular flexibility index (Phi) is 5.29. The maximum absolute atomic E-state index is 13.3. The second-order valence-corrected chi connectivity index (χ2v) is 10.7. The van der Waals surface area contributed by atoms with Crippen LogP contribution in [0.25, 0.3) is 0 Å². The minimum atomic E-state index is -4.20. The van der Waals surface area contributed by atoms with Gasteiger partial charge in [-0.3, -0.25) is 4.79 Å². The molecule has 1 aromatic rings. The summed E-state index contributed by atoms with van der Waals surface area (Å²) in [6, 6.07) is 6.26. The zero-order valence-electron chi connectivity index (χ0n) is 14.3. The number of amides is 1. The fraction of sp³-hybridized carbons (Fsp3) is 0.471. The minimum absolute atomic E-state index is 0.00722. The zero-order chi connectivity index (χ0) is 19.2. The number of benzene rings is 1. The normalized spacial score (nSPS) is 26.8. The summed E-state index contributed by atoms with van der Waals surface area (Å²) in [5.41, 5.74) is 0.907. The average molecular weight is 436 g/mol. The molecule has 3 rings (SSSR count). The van der Waals surface area contributed by atoms with E-state index in [4.69, 9.17) is 27.9 Å². The smallest absolute Gasteiger partial charge is 0.277 e. The molecule has 0 N–H and O–H groups in total. The molecule has 142 valence electrons. The van der Waals surface area contributed by atoms with E-state index in [2.05, 4.69) is 0 Å². The molecular weight excluding hydrogens is 417 g/mol. The van der Waals surface area contributed by atoms with Gasteiger partial charge < -0.3 is 4.74 Å². The Balaban J connectivity index is 2.10. The highest BCUT2D eigenvalue weighted by atomic mass is 35.5. The second-order valence-electron chi connectivity index (χ2n) is 6.27. The maximum atomic E-state index is 13.3. The fourth-order valence-corrected chi connectivity index (χ4v) is 7.30. The molecule has 1 aromatic carbocycles. The molecule has 0 spiro atoms. The van der Waals surface area contributed by atoms with Crippen LogP contribution in [0.15, 0.2) is 41.5 Å². The molecule has 1 fully saturated rings. The number of nitrogens with zero attached hydrogens (tertiary/aromatic N) is 1. The molecule has 2 heterocycles. The molecule has 0 aliphatic carbocycles. The van der Waals surface area contributed by atoms with E-state index in [1.807, 2.05) is 13.8 Å². The molecule has 0 aromatic heterocycles. The van der Waals surface area contributed by atoms with E-state index in [1.54, 1.807) is 18.2 Å². The van der Waals surface area contributed by atoms with Crippen molar-refractivity contribution in [3.63, 3.8) is 0 Å². The monoisotopic (exact) mass is 435 g/mol. The Bertz CT molecular complexity index is 839. The van der Waals surface area contributed by atoms with Crippen molar-refractivity contribution < 1.29 is 17.9 Å². The van der Waals surface area contributed by atoms with Crippen molar-refractivity contribution in [2.75, 3.05) is 5.75 Å². The second kappa shape index (κ2) is 6.93. The van der Waals surface area contributed by atoms with Crippen LogP contribution in [0.4, 0.5) is 0 Å². The van der Waals surface area contributed by atoms with Gasteiger partial charge in [-0.2, -0.15) is 4.31 Å². The van der Waals surface area contributed by atoms with E-state index in [0.717, 1.165) is 22.7 Å². The molecule has 1 amide bonds. The number of fused-ring (bicyclic) bond motifs is 1. The average Bonchev–Trinajstić information content (AvgIpc) is 3.06. The largest absolute Gasteiger partial charge is 0.465 e. The molecule has 0 bridgehead atoms. The van der Waals surface area contributed by atoms with Crippen molar-refractivity contribution in [1.82, 2.24) is 4.31 Å². The number of carbonyl (C=O) groups excluding carboxylic acids is 1. The molecule has 2 atom stereocenters. The summed E-state index contributed by atoms with van der Waals surface area (Å²) in [4.78, 5) is 12.9. The van der Waals surface area contributed by atoms with Gasteiger partial charge in [-0.1, -0.05) is 66.0 Å². The molecular formula is C17H19Cl2NO4S2. The number of hydrogen-bond donors (Lipinski definition) is 0. The van der Waals surface area contributed by atoms with Crippen LogP contribution >= 0.6 is 35.0 Å². The van der Waals surface area contributed by atoms with Crippen molar-refractivity contribution in [3.05, 3.63) is 42.2 Å². The number of alkyl halides is 2. The van der Waals surface area contributed by atoms with E-state index in [0.29, 0.717) is 5.75 Å². The van der Waals surface area contributed by atoms with E-state index < -0.39 is 31.2 Å². The Labute approximate surface area is 167 Å². The van der Waals surface area contributed by atoms with Crippen molar-refractivity contribution in [3.8, 4) is 0 Å². The van der Waals surface area contributed by atoms with Crippen LogP contribution in [0, 0.1) is 12.8 Å². The van der Waals surface area contributed by atoms with Crippen LogP contribution in [0.2, 0.25) is 0 Å². The quantitative estimate of drug-likeness (QED) is 0.498. The van der Waals surface area contributed by atoms with Gasteiger partial charge in [-0.15, -0.1) is 0 Å². The highest BCUT2D eigenvalue weighted by molar-refractivity contribution is 8.01. The summed E-state index contributed by atoms with van der Waals surface area (Å²) in [5.74, 6) is -1.08. The van der Waals surface area contributed by atoms with Crippen molar-refractivity contribution in [2.45, 2.75) is 41.0 Å². The molecule has 26 heavy (non-hydrogen) atoms. The van der Waals surface area contributed by atoms with Gasteiger partial charge in [0.2, 0.25) is 4.33 Å². The van der Waals surface area contributed by atoms with Crippen molar-refractivity contribution in [2.24, 2.45) is 5.92 Å². The van der Waals surface area contributed by atoms with Crippen molar-refractivity contribution >= 4 is 50.9 Å². The van der Waals surface area contributed by atoms with Crippen LogP contribution in [-0.2, 0) is 19.6 Å². The molecule has 9 heteroatoms. The predicted molar refractivity (Wildman–Crippen MR) is 103 cm³/mol. The topological polar surface area (TPSA) is 63.7 Å². The number of unbranched alkanes of at least 4 members (excludes halogenated alkanes) is 1. The highest BCUT2D eigenvalue weighted by Crippen LogP contribution is 2.59. The lowest BCUT2D eigenvalue weighted by Gasteiger charge is -2.35. The van der Waals surface area contributed by atoms with Gasteiger partial charge in [0, 0.05) is 0 Å². The molecule has 5 nitrogen and oxygen atoms in total. The lowest BCUT2D eigenvalue weighted by Crippen LogP contribution is -2.49. The van der Waals surface area contributed by atoms with Gasteiger partial charge in [0.15, 0.2) is 0 Å². The first-order chi connectivity index (χ1) is 12.2. The van der Waals surface area contributed by atoms with E-state index in [1.165, 1.54) is 30.2 Å². The number of thioether (sulfide) groups is 1. The standard InChI is InChI=1S/C17H19Cl2NO4S2/c1-3-4-11-25-17-14(9-10-24-17)16(18,19)15(21)20(17)26(22,23)13-7-5-12(2)6-8-13/h5-10,14H,3-4,11H2,1-2H3/t14-,17+/m1/s1. The van der Waals surface area contributed by atoms with E-state index >= 15 is 0 Å². The van der Waals surface area contributed by atoms with Gasteiger partial charge in [0.05, 0.1) is 17.1 Å². The lowest BCUT2D eigenvalue weighted by molar-refractivity contribution is -0.128. The number of sulfonamides is 1. The Morgan fingerprint density at radius 3 is 2.54 bits per heavy atom. The third-order valence-electron chi connectivity index (χ3n) is 4.41. The van der Waals surface area contributed by atoms with Crippen LogP contribution in [0.3, 0.4) is 0 Å². The van der Waals surface area contributed by atoms with Crippen LogP contribution in [-0.4, -0.2) is 33.8 Å².